The van der Waals surface area contributed by atoms with Gasteiger partial charge in [0.05, 0.1) is 18.0 Å². The Labute approximate surface area is 169 Å². The second-order valence-corrected chi connectivity index (χ2v) is 6.52. The van der Waals surface area contributed by atoms with Crippen LogP contribution < -0.4 is 0 Å². The van der Waals surface area contributed by atoms with Gasteiger partial charge in [-0.2, -0.15) is 0 Å². The summed E-state index contributed by atoms with van der Waals surface area (Å²) < 4.78 is 10.1. The number of rotatable bonds is 8. The fourth-order valence-corrected chi connectivity index (χ4v) is 2.99. The maximum Gasteiger partial charge on any atom is 0.410 e. The van der Waals surface area contributed by atoms with Crippen molar-refractivity contribution in [1.82, 2.24) is 4.90 Å². The van der Waals surface area contributed by atoms with Crippen molar-refractivity contribution in [3.63, 3.8) is 0 Å². The Bertz CT molecular complexity index is 869. The molecule has 0 aromatic heterocycles. The third kappa shape index (κ3) is 5.78. The molecule has 2 rings (SSSR count). The zero-order chi connectivity index (χ0) is 21.4. The largest absolute Gasteiger partial charge is 0.469 e. The summed E-state index contributed by atoms with van der Waals surface area (Å²) in [5.41, 5.74) is 1.82. The van der Waals surface area contributed by atoms with Gasteiger partial charge in [-0.3, -0.25) is 14.9 Å². The average Bonchev–Trinajstić information content (AvgIpc) is 2.73. The fraction of sp³-hybridized carbons (Fsp3) is 0.333. The Morgan fingerprint density at radius 3 is 2.45 bits per heavy atom. The van der Waals surface area contributed by atoms with Gasteiger partial charge in [0.1, 0.15) is 6.61 Å². The maximum absolute atomic E-state index is 12.4. The monoisotopic (exact) mass is 400 g/mol. The summed E-state index contributed by atoms with van der Waals surface area (Å²) in [7, 11) is 2.83. The SMILES string of the molecule is CC[C@@H](C(=O)OC)c1ccc([N+](=O)[O-])cc1CN(C)C(=O)OCc1ccccc1. The maximum atomic E-state index is 12.4. The molecule has 0 aliphatic rings. The molecule has 0 radical (unpaired) electrons. The van der Waals surface area contributed by atoms with Crippen molar-refractivity contribution in [2.24, 2.45) is 0 Å². The minimum atomic E-state index is -0.579. The van der Waals surface area contributed by atoms with Crippen LogP contribution in [-0.4, -0.2) is 36.0 Å². The number of methoxy groups -OCH3 is 1. The Morgan fingerprint density at radius 1 is 1.17 bits per heavy atom. The molecule has 0 heterocycles. The van der Waals surface area contributed by atoms with Crippen LogP contribution >= 0.6 is 0 Å². The Morgan fingerprint density at radius 2 is 1.86 bits per heavy atom. The van der Waals surface area contributed by atoms with Crippen LogP contribution in [0.3, 0.4) is 0 Å². The molecule has 0 spiro atoms. The third-order valence-electron chi connectivity index (χ3n) is 4.53. The molecule has 0 aliphatic carbocycles. The van der Waals surface area contributed by atoms with Gasteiger partial charge in [0.25, 0.3) is 5.69 Å². The van der Waals surface area contributed by atoms with E-state index < -0.39 is 22.9 Å². The topological polar surface area (TPSA) is 99.0 Å². The molecule has 8 heteroatoms. The van der Waals surface area contributed by atoms with Gasteiger partial charge in [0.15, 0.2) is 0 Å². The van der Waals surface area contributed by atoms with Crippen molar-refractivity contribution in [3.05, 3.63) is 75.3 Å². The number of ether oxygens (including phenoxy) is 2. The van der Waals surface area contributed by atoms with Crippen LogP contribution in [0.4, 0.5) is 10.5 Å². The normalized spacial score (nSPS) is 11.4. The van der Waals surface area contributed by atoms with Crippen LogP contribution in [-0.2, 0) is 27.4 Å². The van der Waals surface area contributed by atoms with Gasteiger partial charge >= 0.3 is 12.1 Å². The molecule has 0 saturated carbocycles. The highest BCUT2D eigenvalue weighted by Crippen LogP contribution is 2.29. The summed E-state index contributed by atoms with van der Waals surface area (Å²) >= 11 is 0. The molecular weight excluding hydrogens is 376 g/mol. The number of nitro groups is 1. The van der Waals surface area contributed by atoms with Crippen LogP contribution in [0.1, 0.15) is 36.0 Å². The van der Waals surface area contributed by atoms with Crippen molar-refractivity contribution in [2.75, 3.05) is 14.2 Å². The summed E-state index contributed by atoms with van der Waals surface area (Å²) in [6.07, 6.45) is -0.114. The molecule has 0 aliphatic heterocycles. The molecule has 2 aromatic rings. The Hall–Kier alpha value is -3.42. The molecule has 1 atom stereocenters. The van der Waals surface area contributed by atoms with Crippen LogP contribution in [0.15, 0.2) is 48.5 Å². The first kappa shape index (κ1) is 21.9. The highest BCUT2D eigenvalue weighted by Gasteiger charge is 2.25. The Kier molecular flexibility index (Phi) is 7.70. The summed E-state index contributed by atoms with van der Waals surface area (Å²) in [6, 6.07) is 13.5. The first-order valence-corrected chi connectivity index (χ1v) is 9.14. The quantitative estimate of drug-likeness (QED) is 0.377. The van der Waals surface area contributed by atoms with Crippen molar-refractivity contribution in [1.29, 1.82) is 0 Å². The summed E-state index contributed by atoms with van der Waals surface area (Å²) in [5.74, 6) is -1.01. The van der Waals surface area contributed by atoms with Crippen molar-refractivity contribution in [3.8, 4) is 0 Å². The van der Waals surface area contributed by atoms with Crippen molar-refractivity contribution < 1.29 is 24.0 Å². The molecule has 2 aromatic carbocycles. The molecule has 0 bridgehead atoms. The molecule has 8 nitrogen and oxygen atoms in total. The van der Waals surface area contributed by atoms with Crippen LogP contribution in [0.25, 0.3) is 0 Å². The van der Waals surface area contributed by atoms with Gasteiger partial charge < -0.3 is 14.4 Å². The van der Waals surface area contributed by atoms with E-state index in [0.29, 0.717) is 17.5 Å². The van der Waals surface area contributed by atoms with Crippen molar-refractivity contribution in [2.45, 2.75) is 32.4 Å². The molecule has 1 amide bonds. The van der Waals surface area contributed by atoms with E-state index in [4.69, 9.17) is 9.47 Å². The molecule has 0 N–H and O–H groups in total. The predicted octanol–water partition coefficient (Wildman–Crippen LogP) is 4.03. The number of esters is 1. The lowest BCUT2D eigenvalue weighted by molar-refractivity contribution is -0.384. The van der Waals surface area contributed by atoms with Gasteiger partial charge in [0, 0.05) is 25.7 Å². The predicted molar refractivity (Wildman–Crippen MR) is 106 cm³/mol. The Balaban J connectivity index is 2.21. The number of non-ortho nitro benzene ring substituents is 1. The third-order valence-corrected chi connectivity index (χ3v) is 4.53. The number of carbonyl (C=O) groups excluding carboxylic acids is 2. The van der Waals surface area contributed by atoms with Crippen molar-refractivity contribution >= 4 is 17.7 Å². The number of amides is 1. The summed E-state index contributed by atoms with van der Waals surface area (Å²) in [6.45, 7) is 1.99. The molecular formula is C21H24N2O6. The molecule has 0 fully saturated rings. The lowest BCUT2D eigenvalue weighted by Gasteiger charge is -2.21. The van der Waals surface area contributed by atoms with Gasteiger partial charge in [-0.15, -0.1) is 0 Å². The van der Waals surface area contributed by atoms with E-state index in [-0.39, 0.29) is 18.8 Å². The standard InChI is InChI=1S/C21H24N2O6/c1-4-18(20(24)28-3)19-11-10-17(23(26)27)12-16(19)13-22(2)21(25)29-14-15-8-6-5-7-9-15/h5-12,18H,4,13-14H2,1-3H3/t18-/m1/s1. The van der Waals surface area contributed by atoms with Crippen LogP contribution in [0.2, 0.25) is 0 Å². The fourth-order valence-electron chi connectivity index (χ4n) is 2.99. The number of hydrogen-bond donors (Lipinski definition) is 0. The molecule has 154 valence electrons. The van der Waals surface area contributed by atoms with E-state index in [1.54, 1.807) is 6.07 Å². The minimum absolute atomic E-state index is 0.0537. The van der Waals surface area contributed by atoms with E-state index in [1.165, 1.54) is 31.2 Å². The number of benzene rings is 2. The molecule has 29 heavy (non-hydrogen) atoms. The zero-order valence-electron chi connectivity index (χ0n) is 16.7. The van der Waals surface area contributed by atoms with Gasteiger partial charge in [-0.05, 0) is 23.1 Å². The summed E-state index contributed by atoms with van der Waals surface area (Å²) in [5, 5.41) is 11.2. The van der Waals surface area contributed by atoms with Gasteiger partial charge in [-0.1, -0.05) is 43.3 Å². The first-order valence-electron chi connectivity index (χ1n) is 9.14. The van der Waals surface area contributed by atoms with Crippen LogP contribution in [0, 0.1) is 10.1 Å². The minimum Gasteiger partial charge on any atom is -0.469 e. The highest BCUT2D eigenvalue weighted by molar-refractivity contribution is 5.79. The first-order chi connectivity index (χ1) is 13.9. The lowest BCUT2D eigenvalue weighted by Crippen LogP contribution is -2.28. The van der Waals surface area contributed by atoms with Gasteiger partial charge in [0.2, 0.25) is 0 Å². The number of nitrogens with zero attached hydrogens (tertiary/aromatic N) is 2. The number of hydrogen-bond acceptors (Lipinski definition) is 6. The summed E-state index contributed by atoms with van der Waals surface area (Å²) in [4.78, 5) is 36.5. The highest BCUT2D eigenvalue weighted by atomic mass is 16.6. The zero-order valence-corrected chi connectivity index (χ0v) is 16.7. The van der Waals surface area contributed by atoms with Crippen LogP contribution in [0.5, 0.6) is 0 Å². The van der Waals surface area contributed by atoms with E-state index in [0.717, 1.165) is 5.56 Å². The van der Waals surface area contributed by atoms with E-state index >= 15 is 0 Å². The smallest absolute Gasteiger partial charge is 0.410 e. The number of carbonyl (C=O) groups is 2. The lowest BCUT2D eigenvalue weighted by atomic mass is 9.91. The number of nitro benzene ring substituents is 1. The molecule has 0 saturated heterocycles. The van der Waals surface area contributed by atoms with E-state index in [9.17, 15) is 19.7 Å². The van der Waals surface area contributed by atoms with Gasteiger partial charge in [-0.25, -0.2) is 4.79 Å². The van der Waals surface area contributed by atoms with E-state index in [1.807, 2.05) is 37.3 Å². The molecule has 0 unspecified atom stereocenters. The second kappa shape index (κ2) is 10.2. The average molecular weight is 400 g/mol. The second-order valence-electron chi connectivity index (χ2n) is 6.52. The van der Waals surface area contributed by atoms with E-state index in [2.05, 4.69) is 0 Å².